The van der Waals surface area contributed by atoms with E-state index >= 15 is 0 Å². The van der Waals surface area contributed by atoms with Gasteiger partial charge in [-0.3, -0.25) is 0 Å². The minimum absolute atomic E-state index is 0.258. The van der Waals surface area contributed by atoms with Crippen LogP contribution in [0.25, 0.3) is 11.0 Å². The van der Waals surface area contributed by atoms with Crippen LogP contribution >= 0.6 is 34.8 Å². The molecule has 2 rings (SSSR count). The number of hydrogen-bond acceptors (Lipinski definition) is 2. The van der Waals surface area contributed by atoms with Crippen molar-refractivity contribution in [3.8, 4) is 0 Å². The van der Waals surface area contributed by atoms with Gasteiger partial charge in [0.15, 0.2) is 5.58 Å². The van der Waals surface area contributed by atoms with Crippen LogP contribution in [0, 0.1) is 0 Å². The first-order chi connectivity index (χ1) is 6.58. The highest BCUT2D eigenvalue weighted by atomic mass is 35.5. The smallest absolute Gasteiger partial charge is 0.337 e. The number of rotatable bonds is 0. The summed E-state index contributed by atoms with van der Waals surface area (Å²) in [5, 5.41) is 1.52. The average Bonchev–Trinajstić information content (AvgIpc) is 2.07. The molecule has 1 heterocycles. The van der Waals surface area contributed by atoms with Crippen molar-refractivity contribution in [1.82, 2.24) is 0 Å². The van der Waals surface area contributed by atoms with Gasteiger partial charge in [-0.2, -0.15) is 0 Å². The van der Waals surface area contributed by atoms with E-state index in [1.54, 1.807) is 6.07 Å². The van der Waals surface area contributed by atoms with Gasteiger partial charge in [0.1, 0.15) is 0 Å². The molecule has 14 heavy (non-hydrogen) atoms. The molecule has 72 valence electrons. The van der Waals surface area contributed by atoms with Crippen LogP contribution in [0.2, 0.25) is 15.1 Å². The SMILES string of the molecule is O=c1cc(Cl)c2cc(Cl)cc(Cl)c2o1. The number of fused-ring (bicyclic) bond motifs is 1. The van der Waals surface area contributed by atoms with Gasteiger partial charge < -0.3 is 4.42 Å². The Morgan fingerprint density at radius 3 is 2.43 bits per heavy atom. The van der Waals surface area contributed by atoms with Crippen molar-refractivity contribution >= 4 is 45.8 Å². The molecule has 0 bridgehead atoms. The molecule has 0 N–H and O–H groups in total. The molecule has 2 nitrogen and oxygen atoms in total. The van der Waals surface area contributed by atoms with E-state index in [4.69, 9.17) is 39.2 Å². The Kier molecular flexibility index (Phi) is 2.43. The standard InChI is InChI=1S/C9H3Cl3O2/c10-4-1-5-6(11)3-8(13)14-9(5)7(12)2-4/h1-3H. The topological polar surface area (TPSA) is 30.2 Å². The van der Waals surface area contributed by atoms with E-state index in [0.29, 0.717) is 10.4 Å². The van der Waals surface area contributed by atoms with Gasteiger partial charge in [0.25, 0.3) is 0 Å². The number of halogens is 3. The molecule has 1 aromatic carbocycles. The first-order valence-electron chi connectivity index (χ1n) is 3.66. The summed E-state index contributed by atoms with van der Waals surface area (Å²) in [4.78, 5) is 11.0. The fraction of sp³-hybridized carbons (Fsp3) is 0. The quantitative estimate of drug-likeness (QED) is 0.666. The summed E-state index contributed by atoms with van der Waals surface area (Å²) in [5.41, 5.74) is -0.278. The summed E-state index contributed by atoms with van der Waals surface area (Å²) in [6.45, 7) is 0. The Morgan fingerprint density at radius 1 is 1.00 bits per heavy atom. The molecule has 5 heteroatoms. The van der Waals surface area contributed by atoms with Crippen LogP contribution in [-0.2, 0) is 0 Å². The summed E-state index contributed by atoms with van der Waals surface area (Å²) in [7, 11) is 0. The van der Waals surface area contributed by atoms with Crippen molar-refractivity contribution in [2.24, 2.45) is 0 Å². The van der Waals surface area contributed by atoms with E-state index in [2.05, 4.69) is 0 Å². The zero-order chi connectivity index (χ0) is 10.3. The normalized spacial score (nSPS) is 10.8. The lowest BCUT2D eigenvalue weighted by Crippen LogP contribution is -1.96. The van der Waals surface area contributed by atoms with Crippen LogP contribution in [0.15, 0.2) is 27.4 Å². The van der Waals surface area contributed by atoms with Crippen molar-refractivity contribution in [3.63, 3.8) is 0 Å². The van der Waals surface area contributed by atoms with Crippen LogP contribution in [0.5, 0.6) is 0 Å². The van der Waals surface area contributed by atoms with Gasteiger partial charge >= 0.3 is 5.63 Å². The summed E-state index contributed by atoms with van der Waals surface area (Å²) in [5.74, 6) is 0. The molecule has 0 atom stereocenters. The molecule has 0 fully saturated rings. The maximum Gasteiger partial charge on any atom is 0.337 e. The molecule has 0 unspecified atom stereocenters. The number of benzene rings is 1. The van der Waals surface area contributed by atoms with Crippen molar-refractivity contribution in [1.29, 1.82) is 0 Å². The van der Waals surface area contributed by atoms with Crippen LogP contribution in [0.3, 0.4) is 0 Å². The molecule has 0 spiro atoms. The molecule has 0 aliphatic rings. The van der Waals surface area contributed by atoms with Crippen molar-refractivity contribution in [2.45, 2.75) is 0 Å². The second-order valence-corrected chi connectivity index (χ2v) is 3.93. The molecule has 0 saturated heterocycles. The molecule has 0 amide bonds. The Morgan fingerprint density at radius 2 is 1.71 bits per heavy atom. The van der Waals surface area contributed by atoms with Crippen molar-refractivity contribution < 1.29 is 4.42 Å². The predicted octanol–water partition coefficient (Wildman–Crippen LogP) is 3.75. The molecule has 2 aromatic rings. The summed E-state index contributed by atoms with van der Waals surface area (Å²) < 4.78 is 4.90. The van der Waals surface area contributed by atoms with Gasteiger partial charge in [-0.05, 0) is 12.1 Å². The second-order valence-electron chi connectivity index (χ2n) is 2.68. The summed E-state index contributed by atoms with van der Waals surface area (Å²) in [6, 6.07) is 4.26. The fourth-order valence-electron chi connectivity index (χ4n) is 1.15. The monoisotopic (exact) mass is 248 g/mol. The lowest BCUT2D eigenvalue weighted by molar-refractivity contribution is 0.561. The minimum atomic E-state index is -0.535. The largest absolute Gasteiger partial charge is 0.421 e. The maximum absolute atomic E-state index is 11.0. The second kappa shape index (κ2) is 3.46. The van der Waals surface area contributed by atoms with E-state index < -0.39 is 5.63 Å². The maximum atomic E-state index is 11.0. The first kappa shape index (κ1) is 9.84. The fourth-order valence-corrected chi connectivity index (χ4v) is 1.91. The van der Waals surface area contributed by atoms with Crippen LogP contribution in [0.4, 0.5) is 0 Å². The molecular weight excluding hydrogens is 246 g/mol. The lowest BCUT2D eigenvalue weighted by atomic mass is 10.2. The Balaban J connectivity index is 3.01. The zero-order valence-electron chi connectivity index (χ0n) is 6.68. The molecule has 0 aliphatic carbocycles. The Bertz CT molecular complexity index is 560. The summed E-state index contributed by atoms with van der Waals surface area (Å²) >= 11 is 17.4. The van der Waals surface area contributed by atoms with E-state index in [9.17, 15) is 4.79 Å². The molecule has 0 aliphatic heterocycles. The minimum Gasteiger partial charge on any atom is -0.421 e. The van der Waals surface area contributed by atoms with Crippen LogP contribution in [0.1, 0.15) is 0 Å². The highest BCUT2D eigenvalue weighted by Crippen LogP contribution is 2.30. The third kappa shape index (κ3) is 1.61. The van der Waals surface area contributed by atoms with Gasteiger partial charge in [-0.1, -0.05) is 34.8 Å². The molecule has 1 aromatic heterocycles. The highest BCUT2D eigenvalue weighted by molar-refractivity contribution is 6.41. The molecule has 0 saturated carbocycles. The van der Waals surface area contributed by atoms with Gasteiger partial charge in [-0.25, -0.2) is 4.79 Å². The van der Waals surface area contributed by atoms with Gasteiger partial charge in [-0.15, -0.1) is 0 Å². The van der Waals surface area contributed by atoms with Crippen molar-refractivity contribution in [3.05, 3.63) is 43.7 Å². The first-order valence-corrected chi connectivity index (χ1v) is 4.80. The third-order valence-corrected chi connectivity index (χ3v) is 2.52. The van der Waals surface area contributed by atoms with Crippen LogP contribution in [-0.4, -0.2) is 0 Å². The molecular formula is C9H3Cl3O2. The third-order valence-electron chi connectivity index (χ3n) is 1.71. The number of hydrogen-bond donors (Lipinski definition) is 0. The van der Waals surface area contributed by atoms with E-state index in [1.165, 1.54) is 12.1 Å². The van der Waals surface area contributed by atoms with Crippen molar-refractivity contribution in [2.75, 3.05) is 0 Å². The zero-order valence-corrected chi connectivity index (χ0v) is 8.95. The van der Waals surface area contributed by atoms with E-state index in [1.807, 2.05) is 0 Å². The van der Waals surface area contributed by atoms with E-state index in [-0.39, 0.29) is 15.6 Å². The summed E-state index contributed by atoms with van der Waals surface area (Å²) in [6.07, 6.45) is 0. The highest BCUT2D eigenvalue weighted by Gasteiger charge is 2.08. The lowest BCUT2D eigenvalue weighted by Gasteiger charge is -2.01. The Hall–Kier alpha value is -0.700. The van der Waals surface area contributed by atoms with Gasteiger partial charge in [0.05, 0.1) is 10.0 Å². The van der Waals surface area contributed by atoms with Crippen LogP contribution < -0.4 is 5.63 Å². The van der Waals surface area contributed by atoms with Gasteiger partial charge in [0, 0.05) is 16.5 Å². The average molecular weight is 249 g/mol. The molecule has 0 radical (unpaired) electrons. The predicted molar refractivity (Wildman–Crippen MR) is 57.5 cm³/mol. The van der Waals surface area contributed by atoms with Gasteiger partial charge in [0.2, 0.25) is 0 Å². The Labute approximate surface area is 94.0 Å². The van der Waals surface area contributed by atoms with E-state index in [0.717, 1.165) is 0 Å².